The maximum atomic E-state index is 12.0. The molecule has 0 aromatic heterocycles. The summed E-state index contributed by atoms with van der Waals surface area (Å²) < 4.78 is 15.1. The third-order valence-electron chi connectivity index (χ3n) is 3.62. The first-order chi connectivity index (χ1) is 11.2. The fourth-order valence-corrected chi connectivity index (χ4v) is 2.27. The van der Waals surface area contributed by atoms with Crippen molar-refractivity contribution >= 4 is 17.8 Å². The Morgan fingerprint density at radius 3 is 2.46 bits per heavy atom. The van der Waals surface area contributed by atoms with Crippen LogP contribution in [0.4, 0.5) is 10.5 Å². The van der Waals surface area contributed by atoms with Crippen molar-refractivity contribution in [1.82, 2.24) is 0 Å². The van der Waals surface area contributed by atoms with Gasteiger partial charge in [-0.25, -0.2) is 9.59 Å². The van der Waals surface area contributed by atoms with Crippen LogP contribution in [0.2, 0.25) is 0 Å². The summed E-state index contributed by atoms with van der Waals surface area (Å²) in [6, 6.07) is 5.08. The number of hydrogen-bond donors (Lipinski definition) is 0. The van der Waals surface area contributed by atoms with E-state index in [4.69, 9.17) is 14.2 Å². The van der Waals surface area contributed by atoms with Crippen molar-refractivity contribution in [2.24, 2.45) is 5.92 Å². The average molecular weight is 335 g/mol. The highest BCUT2D eigenvalue weighted by atomic mass is 16.7. The van der Waals surface area contributed by atoms with Crippen LogP contribution >= 0.6 is 0 Å². The molecule has 0 bridgehead atoms. The van der Waals surface area contributed by atoms with Gasteiger partial charge < -0.3 is 19.1 Å². The Bertz CT molecular complexity index is 616. The molecule has 0 aliphatic heterocycles. The van der Waals surface area contributed by atoms with Gasteiger partial charge in [-0.1, -0.05) is 0 Å². The van der Waals surface area contributed by atoms with E-state index in [0.29, 0.717) is 5.92 Å². The summed E-state index contributed by atoms with van der Waals surface area (Å²) in [5.41, 5.74) is 0.398. The molecule has 24 heavy (non-hydrogen) atoms. The summed E-state index contributed by atoms with van der Waals surface area (Å²) in [4.78, 5) is 26.0. The van der Waals surface area contributed by atoms with Crippen LogP contribution in [0.1, 0.15) is 44.0 Å². The van der Waals surface area contributed by atoms with Crippen LogP contribution in [0.5, 0.6) is 5.75 Å². The predicted molar refractivity (Wildman–Crippen MR) is 90.6 cm³/mol. The van der Waals surface area contributed by atoms with Gasteiger partial charge in [-0.2, -0.15) is 0 Å². The Labute approximate surface area is 142 Å². The summed E-state index contributed by atoms with van der Waals surface area (Å²) >= 11 is 0. The molecule has 1 saturated carbocycles. The van der Waals surface area contributed by atoms with Crippen LogP contribution in [-0.4, -0.2) is 38.4 Å². The Morgan fingerprint density at radius 2 is 1.92 bits per heavy atom. The molecule has 1 fully saturated rings. The summed E-state index contributed by atoms with van der Waals surface area (Å²) in [6.45, 7) is 6.16. The molecule has 0 N–H and O–H groups in total. The molecule has 1 aromatic rings. The van der Waals surface area contributed by atoms with Crippen molar-refractivity contribution in [3.8, 4) is 5.75 Å². The van der Waals surface area contributed by atoms with Crippen LogP contribution in [0.3, 0.4) is 0 Å². The molecule has 6 nitrogen and oxygen atoms in total. The van der Waals surface area contributed by atoms with E-state index in [1.807, 2.05) is 13.1 Å². The number of anilines is 1. The van der Waals surface area contributed by atoms with Gasteiger partial charge in [0.25, 0.3) is 0 Å². The molecule has 0 heterocycles. The van der Waals surface area contributed by atoms with E-state index in [9.17, 15) is 9.59 Å². The van der Waals surface area contributed by atoms with Gasteiger partial charge in [-0.15, -0.1) is 0 Å². The molecule has 0 unspecified atom stereocenters. The number of carbonyl (C=O) groups is 2. The second-order valence-electron chi connectivity index (χ2n) is 7.06. The molecule has 132 valence electrons. The highest BCUT2D eigenvalue weighted by molar-refractivity contribution is 5.94. The van der Waals surface area contributed by atoms with E-state index in [0.717, 1.165) is 12.2 Å². The predicted octanol–water partition coefficient (Wildman–Crippen LogP) is 3.63. The van der Waals surface area contributed by atoms with Crippen molar-refractivity contribution in [2.75, 3.05) is 25.6 Å². The number of ether oxygens (including phenoxy) is 3. The minimum Gasteiger partial charge on any atom is -0.465 e. The second-order valence-corrected chi connectivity index (χ2v) is 7.06. The number of carbonyl (C=O) groups excluding carboxylic acids is 2. The molecular weight excluding hydrogens is 310 g/mol. The quantitative estimate of drug-likeness (QED) is 0.605. The molecule has 1 aliphatic rings. The van der Waals surface area contributed by atoms with E-state index >= 15 is 0 Å². The summed E-state index contributed by atoms with van der Waals surface area (Å²) in [5.74, 6) is 0.282. The molecule has 1 aromatic carbocycles. The third-order valence-corrected chi connectivity index (χ3v) is 3.62. The highest BCUT2D eigenvalue weighted by Crippen LogP contribution is 2.32. The number of nitrogens with zero attached hydrogens (tertiary/aromatic N) is 1. The van der Waals surface area contributed by atoms with Gasteiger partial charge in [-0.05, 0) is 57.7 Å². The molecule has 0 radical (unpaired) electrons. The lowest BCUT2D eigenvalue weighted by Gasteiger charge is -2.21. The Balaban J connectivity index is 2.19. The van der Waals surface area contributed by atoms with Crippen LogP contribution < -0.4 is 9.64 Å². The first-order valence-corrected chi connectivity index (χ1v) is 8.04. The molecule has 0 spiro atoms. The van der Waals surface area contributed by atoms with Gasteiger partial charge in [0.15, 0.2) is 0 Å². The first-order valence-electron chi connectivity index (χ1n) is 8.04. The number of methoxy groups -OCH3 is 1. The molecule has 0 saturated heterocycles. The monoisotopic (exact) mass is 335 g/mol. The minimum absolute atomic E-state index is 0.125. The van der Waals surface area contributed by atoms with Crippen LogP contribution in [0, 0.1) is 5.92 Å². The number of benzene rings is 1. The second kappa shape index (κ2) is 7.11. The van der Waals surface area contributed by atoms with Crippen LogP contribution in [0.15, 0.2) is 18.2 Å². The molecular formula is C18H25NO5. The number of rotatable bonds is 5. The standard InChI is InChI=1S/C18H25NO5/c1-18(2,3)24-17(21)23-15-9-8-13(10-14(15)16(20)22-5)19(4)11-12-6-7-12/h8-10,12H,6-7,11H2,1-5H3. The lowest BCUT2D eigenvalue weighted by Crippen LogP contribution is -2.26. The molecule has 0 amide bonds. The molecule has 2 rings (SSSR count). The van der Waals surface area contributed by atoms with Crippen LogP contribution in [-0.2, 0) is 9.47 Å². The van der Waals surface area contributed by atoms with Gasteiger partial charge in [0.2, 0.25) is 0 Å². The van der Waals surface area contributed by atoms with Crippen molar-refractivity contribution in [2.45, 2.75) is 39.2 Å². The van der Waals surface area contributed by atoms with E-state index in [1.165, 1.54) is 20.0 Å². The van der Waals surface area contributed by atoms with Gasteiger partial charge in [0.05, 0.1) is 7.11 Å². The zero-order valence-corrected chi connectivity index (χ0v) is 14.9. The molecule has 6 heteroatoms. The van der Waals surface area contributed by atoms with Gasteiger partial charge >= 0.3 is 12.1 Å². The topological polar surface area (TPSA) is 65.1 Å². The lowest BCUT2D eigenvalue weighted by molar-refractivity contribution is 0.0203. The fourth-order valence-electron chi connectivity index (χ4n) is 2.27. The van der Waals surface area contributed by atoms with Crippen molar-refractivity contribution in [1.29, 1.82) is 0 Å². The largest absolute Gasteiger partial charge is 0.514 e. The Kier molecular flexibility index (Phi) is 5.36. The smallest absolute Gasteiger partial charge is 0.465 e. The zero-order valence-electron chi connectivity index (χ0n) is 14.9. The molecule has 0 atom stereocenters. The van der Waals surface area contributed by atoms with Gasteiger partial charge in [0, 0.05) is 19.3 Å². The SMILES string of the molecule is COC(=O)c1cc(N(C)CC2CC2)ccc1OC(=O)OC(C)(C)C. The normalized spacial score (nSPS) is 14.0. The van der Waals surface area contributed by atoms with Gasteiger partial charge in [0.1, 0.15) is 16.9 Å². The fraction of sp³-hybridized carbons (Fsp3) is 0.556. The molecule has 1 aliphatic carbocycles. The Morgan fingerprint density at radius 1 is 1.25 bits per heavy atom. The van der Waals surface area contributed by atoms with Gasteiger partial charge in [-0.3, -0.25) is 0 Å². The minimum atomic E-state index is -0.855. The van der Waals surface area contributed by atoms with Crippen molar-refractivity contribution < 1.29 is 23.8 Å². The number of hydrogen-bond acceptors (Lipinski definition) is 6. The lowest BCUT2D eigenvalue weighted by atomic mass is 10.1. The first kappa shape index (κ1) is 18.1. The average Bonchev–Trinajstić information content (AvgIpc) is 3.28. The van der Waals surface area contributed by atoms with E-state index < -0.39 is 17.7 Å². The van der Waals surface area contributed by atoms with E-state index in [-0.39, 0.29) is 11.3 Å². The maximum absolute atomic E-state index is 12.0. The van der Waals surface area contributed by atoms with Crippen LogP contribution in [0.25, 0.3) is 0 Å². The zero-order chi connectivity index (χ0) is 17.9. The third kappa shape index (κ3) is 5.15. The van der Waals surface area contributed by atoms with E-state index in [2.05, 4.69) is 4.90 Å². The summed E-state index contributed by atoms with van der Waals surface area (Å²) in [5, 5.41) is 0. The summed E-state index contributed by atoms with van der Waals surface area (Å²) in [7, 11) is 3.27. The Hall–Kier alpha value is -2.24. The van der Waals surface area contributed by atoms with Crippen molar-refractivity contribution in [3.05, 3.63) is 23.8 Å². The maximum Gasteiger partial charge on any atom is 0.514 e. The highest BCUT2D eigenvalue weighted by Gasteiger charge is 2.25. The van der Waals surface area contributed by atoms with E-state index in [1.54, 1.807) is 32.9 Å². The summed E-state index contributed by atoms with van der Waals surface area (Å²) in [6.07, 6.45) is 1.63. The number of esters is 1. The van der Waals surface area contributed by atoms with Crippen molar-refractivity contribution in [3.63, 3.8) is 0 Å².